The Morgan fingerprint density at radius 2 is 1.88 bits per heavy atom. The van der Waals surface area contributed by atoms with Gasteiger partial charge >= 0.3 is 0 Å². The first-order chi connectivity index (χ1) is 12.1. The summed E-state index contributed by atoms with van der Waals surface area (Å²) in [7, 11) is 2.16. The maximum atomic E-state index is 14.8. The smallest absolute Gasteiger partial charge is 0.147 e. The highest BCUT2D eigenvalue weighted by Gasteiger charge is 2.28. The molecule has 3 aromatic rings. The van der Waals surface area contributed by atoms with Crippen LogP contribution in [-0.2, 0) is 25.9 Å². The molecule has 3 heteroatoms. The van der Waals surface area contributed by atoms with Gasteiger partial charge < -0.3 is 4.57 Å². The lowest BCUT2D eigenvalue weighted by atomic mass is 9.98. The second-order valence-electron chi connectivity index (χ2n) is 7.37. The number of halogens is 1. The van der Waals surface area contributed by atoms with E-state index in [1.807, 2.05) is 12.1 Å². The molecule has 0 fully saturated rings. The normalized spacial score (nSPS) is 17.8. The fourth-order valence-corrected chi connectivity index (χ4v) is 4.13. The molecule has 25 heavy (non-hydrogen) atoms. The zero-order valence-corrected chi connectivity index (χ0v) is 15.2. The summed E-state index contributed by atoms with van der Waals surface area (Å²) in [5.41, 5.74) is 5.91. The Balaban J connectivity index is 1.85. The van der Waals surface area contributed by atoms with Gasteiger partial charge in [-0.2, -0.15) is 0 Å². The van der Waals surface area contributed by atoms with Crippen molar-refractivity contribution in [3.63, 3.8) is 0 Å². The summed E-state index contributed by atoms with van der Waals surface area (Å²) in [6.07, 6.45) is 1.91. The highest BCUT2D eigenvalue weighted by Crippen LogP contribution is 2.35. The maximum absolute atomic E-state index is 14.8. The third-order valence-electron chi connectivity index (χ3n) is 5.70. The molecule has 0 saturated carbocycles. The van der Waals surface area contributed by atoms with E-state index >= 15 is 0 Å². The fourth-order valence-electron chi connectivity index (χ4n) is 4.13. The van der Waals surface area contributed by atoms with Crippen molar-refractivity contribution in [1.29, 1.82) is 0 Å². The first-order valence-corrected chi connectivity index (χ1v) is 9.09. The van der Waals surface area contributed by atoms with Crippen molar-refractivity contribution in [3.8, 4) is 0 Å². The van der Waals surface area contributed by atoms with Gasteiger partial charge in [-0.3, -0.25) is 4.90 Å². The number of aryl methyl sites for hydroxylation is 3. The monoisotopic (exact) mass is 336 g/mol. The molecule has 0 N–H and O–H groups in total. The van der Waals surface area contributed by atoms with E-state index in [9.17, 15) is 4.39 Å². The molecule has 2 heterocycles. The number of rotatable bonds is 3. The predicted molar refractivity (Wildman–Crippen MR) is 101 cm³/mol. The highest BCUT2D eigenvalue weighted by molar-refractivity contribution is 5.89. The molecule has 130 valence electrons. The summed E-state index contributed by atoms with van der Waals surface area (Å²) >= 11 is 0. The third-order valence-corrected chi connectivity index (χ3v) is 5.70. The van der Waals surface area contributed by atoms with E-state index in [4.69, 9.17) is 0 Å². The number of hydrogen-bond donors (Lipinski definition) is 0. The topological polar surface area (TPSA) is 8.17 Å². The number of aromatic nitrogens is 1. The van der Waals surface area contributed by atoms with Gasteiger partial charge in [0.05, 0.1) is 5.52 Å². The maximum Gasteiger partial charge on any atom is 0.147 e. The Bertz CT molecular complexity index is 911. The quantitative estimate of drug-likeness (QED) is 0.672. The van der Waals surface area contributed by atoms with Crippen LogP contribution in [0, 0.1) is 12.7 Å². The van der Waals surface area contributed by atoms with Crippen molar-refractivity contribution in [1.82, 2.24) is 9.47 Å². The van der Waals surface area contributed by atoms with Gasteiger partial charge in [0.1, 0.15) is 5.82 Å². The van der Waals surface area contributed by atoms with E-state index in [1.54, 1.807) is 6.07 Å². The molecule has 1 aliphatic rings. The second-order valence-corrected chi connectivity index (χ2v) is 7.37. The zero-order valence-electron chi connectivity index (χ0n) is 15.2. The van der Waals surface area contributed by atoms with E-state index in [-0.39, 0.29) is 5.82 Å². The van der Waals surface area contributed by atoms with Gasteiger partial charge in [-0.05, 0) is 50.1 Å². The number of likely N-dealkylation sites (N-methyl/N-ethyl adjacent to an activating group) is 1. The Kier molecular flexibility index (Phi) is 4.12. The average molecular weight is 336 g/mol. The predicted octanol–water partition coefficient (Wildman–Crippen LogP) is 4.71. The third kappa shape index (κ3) is 2.77. The van der Waals surface area contributed by atoms with Gasteiger partial charge in [0.2, 0.25) is 0 Å². The lowest BCUT2D eigenvalue weighted by Crippen LogP contribution is -2.35. The Hall–Kier alpha value is -2.13. The minimum absolute atomic E-state index is 0.0987. The number of hydrogen-bond acceptors (Lipinski definition) is 1. The molecular formula is C22H25FN2. The fraction of sp³-hybridized carbons (Fsp3) is 0.364. The standard InChI is InChI=1S/C22H25FN2/c1-15-9-10-19(23)22-21(15)18-14-24(3)16(2)13-20(18)25(22)12-11-17-7-5-4-6-8-17/h4-10,16H,11-14H2,1-3H3. The summed E-state index contributed by atoms with van der Waals surface area (Å²) in [5.74, 6) is -0.0987. The SMILES string of the molecule is Cc1ccc(F)c2c1c1c(n2CCc2ccccc2)CC(C)N(C)C1. The number of fused-ring (bicyclic) bond motifs is 3. The van der Waals surface area contributed by atoms with Crippen LogP contribution in [0.25, 0.3) is 10.9 Å². The number of benzene rings is 2. The van der Waals surface area contributed by atoms with Crippen LogP contribution in [0.3, 0.4) is 0 Å². The van der Waals surface area contributed by atoms with Crippen molar-refractivity contribution < 1.29 is 4.39 Å². The molecule has 1 aliphatic heterocycles. The molecule has 4 rings (SSSR count). The average Bonchev–Trinajstić information content (AvgIpc) is 2.92. The van der Waals surface area contributed by atoms with E-state index in [2.05, 4.69) is 54.6 Å². The van der Waals surface area contributed by atoms with Crippen LogP contribution in [0.15, 0.2) is 42.5 Å². The van der Waals surface area contributed by atoms with Crippen LogP contribution in [0.4, 0.5) is 4.39 Å². The van der Waals surface area contributed by atoms with Gasteiger partial charge in [-0.1, -0.05) is 36.4 Å². The molecular weight excluding hydrogens is 311 g/mol. The summed E-state index contributed by atoms with van der Waals surface area (Å²) in [6.45, 7) is 6.08. The largest absolute Gasteiger partial charge is 0.341 e. The van der Waals surface area contributed by atoms with Gasteiger partial charge in [0, 0.05) is 36.6 Å². The van der Waals surface area contributed by atoms with E-state index in [1.165, 1.54) is 22.4 Å². The van der Waals surface area contributed by atoms with Crippen molar-refractivity contribution in [3.05, 3.63) is 70.7 Å². The number of nitrogens with zero attached hydrogens (tertiary/aromatic N) is 2. The summed E-state index contributed by atoms with van der Waals surface area (Å²) in [6, 6.07) is 14.5. The van der Waals surface area contributed by atoms with E-state index < -0.39 is 0 Å². The van der Waals surface area contributed by atoms with Crippen LogP contribution in [0.5, 0.6) is 0 Å². The Morgan fingerprint density at radius 3 is 2.64 bits per heavy atom. The molecule has 1 aromatic heterocycles. The van der Waals surface area contributed by atoms with Gasteiger partial charge in [0.15, 0.2) is 0 Å². The molecule has 1 unspecified atom stereocenters. The van der Waals surface area contributed by atoms with Crippen LogP contribution in [0.2, 0.25) is 0 Å². The van der Waals surface area contributed by atoms with Gasteiger partial charge in [-0.15, -0.1) is 0 Å². The van der Waals surface area contributed by atoms with Gasteiger partial charge in [-0.25, -0.2) is 4.39 Å². The molecule has 2 aromatic carbocycles. The van der Waals surface area contributed by atoms with Crippen LogP contribution < -0.4 is 0 Å². The molecule has 0 aliphatic carbocycles. The minimum atomic E-state index is -0.0987. The summed E-state index contributed by atoms with van der Waals surface area (Å²) in [4.78, 5) is 2.37. The highest BCUT2D eigenvalue weighted by atomic mass is 19.1. The lowest BCUT2D eigenvalue weighted by molar-refractivity contribution is 0.228. The first-order valence-electron chi connectivity index (χ1n) is 9.09. The molecule has 0 spiro atoms. The first kappa shape index (κ1) is 16.3. The lowest BCUT2D eigenvalue weighted by Gasteiger charge is -2.31. The molecule has 0 bridgehead atoms. The molecule has 1 atom stereocenters. The Morgan fingerprint density at radius 1 is 1.12 bits per heavy atom. The van der Waals surface area contributed by atoms with Crippen molar-refractivity contribution in [2.24, 2.45) is 0 Å². The molecule has 0 saturated heterocycles. The molecule has 2 nitrogen and oxygen atoms in total. The molecule has 0 radical (unpaired) electrons. The van der Waals surface area contributed by atoms with Crippen molar-refractivity contribution in [2.75, 3.05) is 7.05 Å². The van der Waals surface area contributed by atoms with Crippen LogP contribution in [0.1, 0.15) is 29.3 Å². The van der Waals surface area contributed by atoms with Crippen molar-refractivity contribution in [2.45, 2.75) is 45.8 Å². The minimum Gasteiger partial charge on any atom is -0.341 e. The summed E-state index contributed by atoms with van der Waals surface area (Å²) in [5, 5.41) is 1.13. The van der Waals surface area contributed by atoms with Crippen LogP contribution >= 0.6 is 0 Å². The van der Waals surface area contributed by atoms with Crippen molar-refractivity contribution >= 4 is 10.9 Å². The van der Waals surface area contributed by atoms with E-state index in [0.717, 1.165) is 36.8 Å². The second kappa shape index (κ2) is 6.30. The summed E-state index contributed by atoms with van der Waals surface area (Å²) < 4.78 is 17.1. The molecule has 0 amide bonds. The van der Waals surface area contributed by atoms with Gasteiger partial charge in [0.25, 0.3) is 0 Å². The Labute approximate surface area is 148 Å². The zero-order chi connectivity index (χ0) is 17.6. The van der Waals surface area contributed by atoms with E-state index in [0.29, 0.717) is 6.04 Å². The van der Waals surface area contributed by atoms with Crippen LogP contribution in [-0.4, -0.2) is 22.6 Å².